The van der Waals surface area contributed by atoms with Crippen LogP contribution in [0.3, 0.4) is 0 Å². The number of imidazole rings is 1. The Morgan fingerprint density at radius 2 is 1.21 bits per heavy atom. The minimum atomic E-state index is -0.0864. The maximum absolute atomic E-state index is 14.3. The Labute approximate surface area is 242 Å². The van der Waals surface area contributed by atoms with Gasteiger partial charge in [0.2, 0.25) is 0 Å². The van der Waals surface area contributed by atoms with Gasteiger partial charge in [-0.1, -0.05) is 103 Å². The normalized spacial score (nSPS) is 12.0. The van der Waals surface area contributed by atoms with E-state index in [1.54, 1.807) is 4.40 Å². The molecule has 0 fully saturated rings. The lowest BCUT2D eigenvalue weighted by Gasteiger charge is -2.12. The predicted molar refractivity (Wildman–Crippen MR) is 176 cm³/mol. The summed E-state index contributed by atoms with van der Waals surface area (Å²) >= 11 is 0. The van der Waals surface area contributed by atoms with Crippen LogP contribution >= 0.6 is 0 Å². The highest BCUT2D eigenvalue weighted by atomic mass is 16.1. The third-order valence-corrected chi connectivity index (χ3v) is 8.64. The van der Waals surface area contributed by atoms with Gasteiger partial charge in [0, 0.05) is 21.7 Å². The summed E-state index contributed by atoms with van der Waals surface area (Å²) in [7, 11) is 6.34. The molecular weight excluding hydrogens is 511 g/mol. The van der Waals surface area contributed by atoms with Crippen LogP contribution in [0.4, 0.5) is 0 Å². The van der Waals surface area contributed by atoms with E-state index in [-0.39, 0.29) is 5.56 Å². The van der Waals surface area contributed by atoms with Crippen molar-refractivity contribution in [2.24, 2.45) is 0 Å². The van der Waals surface area contributed by atoms with Crippen molar-refractivity contribution in [2.45, 2.75) is 0 Å². The first-order valence-electron chi connectivity index (χ1n) is 14.1. The Morgan fingerprint density at radius 3 is 1.98 bits per heavy atom. The zero-order valence-electron chi connectivity index (χ0n) is 22.5. The molecule has 0 bridgehead atoms. The fourth-order valence-corrected chi connectivity index (χ4v) is 6.61. The van der Waals surface area contributed by atoms with Crippen molar-refractivity contribution >= 4 is 73.1 Å². The molecule has 0 unspecified atom stereocenters. The number of pyridine rings is 1. The quantitative estimate of drug-likeness (QED) is 0.211. The van der Waals surface area contributed by atoms with Crippen molar-refractivity contribution in [3.8, 4) is 22.3 Å². The first kappa shape index (κ1) is 23.3. The van der Waals surface area contributed by atoms with Crippen molar-refractivity contribution in [1.82, 2.24) is 9.38 Å². The topological polar surface area (TPSA) is 34.4 Å². The van der Waals surface area contributed by atoms with Crippen molar-refractivity contribution in [1.29, 1.82) is 0 Å². The minimum Gasteiger partial charge on any atom is -0.268 e. The van der Waals surface area contributed by atoms with E-state index in [4.69, 9.17) is 12.8 Å². The standard InChI is InChI=1S/C38H21BN2O/c39-33-17-16-31-35-29(33)10-5-11-30(35)37-40-34-21-28(26-14-12-22-6-1-3-8-24(22)18-26)20-32(36(34)41(37)38(31)42)27-15-13-23-7-2-4-9-25(23)19-27/h1-21H. The SMILES string of the molecule is [B]c1ccc2c(=O)n3c(nc4cc(-c5ccc6ccccc6c5)cc(-c5ccc6ccccc6c5)c43)c3cccc1c23. The van der Waals surface area contributed by atoms with E-state index >= 15 is 0 Å². The van der Waals surface area contributed by atoms with Crippen molar-refractivity contribution in [3.05, 3.63) is 138 Å². The smallest absolute Gasteiger partial charge is 0.264 e. The summed E-state index contributed by atoms with van der Waals surface area (Å²) < 4.78 is 1.80. The van der Waals surface area contributed by atoms with Gasteiger partial charge in [0.05, 0.1) is 11.0 Å². The molecule has 2 heterocycles. The molecule has 2 radical (unpaired) electrons. The zero-order chi connectivity index (χ0) is 27.9. The van der Waals surface area contributed by atoms with Gasteiger partial charge in [-0.2, -0.15) is 0 Å². The van der Waals surface area contributed by atoms with Crippen LogP contribution in [0.25, 0.3) is 82.0 Å². The van der Waals surface area contributed by atoms with Gasteiger partial charge >= 0.3 is 0 Å². The van der Waals surface area contributed by atoms with E-state index in [0.717, 1.165) is 54.8 Å². The van der Waals surface area contributed by atoms with E-state index in [0.29, 0.717) is 16.5 Å². The van der Waals surface area contributed by atoms with Gasteiger partial charge in [-0.15, -0.1) is 0 Å². The summed E-state index contributed by atoms with van der Waals surface area (Å²) in [6.45, 7) is 0. The predicted octanol–water partition coefficient (Wildman–Crippen LogP) is 8.03. The lowest BCUT2D eigenvalue weighted by atomic mass is 9.88. The van der Waals surface area contributed by atoms with Gasteiger partial charge in [0.25, 0.3) is 5.56 Å². The van der Waals surface area contributed by atoms with Crippen LogP contribution in [0, 0.1) is 0 Å². The number of benzene rings is 7. The van der Waals surface area contributed by atoms with Crippen LogP contribution in [0.15, 0.2) is 132 Å². The van der Waals surface area contributed by atoms with Crippen molar-refractivity contribution in [2.75, 3.05) is 0 Å². The maximum atomic E-state index is 14.3. The Hall–Kier alpha value is -5.48. The molecule has 0 aliphatic rings. The van der Waals surface area contributed by atoms with Gasteiger partial charge < -0.3 is 0 Å². The Kier molecular flexibility index (Phi) is 4.71. The highest BCUT2D eigenvalue weighted by molar-refractivity contribution is 6.41. The van der Waals surface area contributed by atoms with E-state index in [9.17, 15) is 4.79 Å². The summed E-state index contributed by atoms with van der Waals surface area (Å²) in [5.74, 6) is 0. The molecule has 0 N–H and O–H groups in total. The molecule has 0 aliphatic carbocycles. The number of hydrogen-bond donors (Lipinski definition) is 0. The molecule has 192 valence electrons. The molecule has 0 aliphatic heterocycles. The highest BCUT2D eigenvalue weighted by Gasteiger charge is 2.20. The van der Waals surface area contributed by atoms with Crippen LogP contribution < -0.4 is 11.0 Å². The Bertz CT molecular complexity index is 2620. The number of aromatic nitrogens is 2. The first-order chi connectivity index (χ1) is 20.6. The monoisotopic (exact) mass is 532 g/mol. The molecule has 3 nitrogen and oxygen atoms in total. The molecule has 0 saturated heterocycles. The van der Waals surface area contributed by atoms with E-state index in [1.165, 1.54) is 16.2 Å². The molecule has 9 rings (SSSR count). The van der Waals surface area contributed by atoms with Crippen LogP contribution in [-0.4, -0.2) is 17.2 Å². The number of nitrogens with zero attached hydrogens (tertiary/aromatic N) is 2. The second-order valence-electron chi connectivity index (χ2n) is 11.0. The molecule has 4 heteroatoms. The van der Waals surface area contributed by atoms with Gasteiger partial charge in [0.15, 0.2) is 0 Å². The fourth-order valence-electron chi connectivity index (χ4n) is 6.61. The van der Waals surface area contributed by atoms with Crippen LogP contribution in [0.2, 0.25) is 0 Å². The highest BCUT2D eigenvalue weighted by Crippen LogP contribution is 2.38. The van der Waals surface area contributed by atoms with Gasteiger partial charge in [0.1, 0.15) is 13.5 Å². The van der Waals surface area contributed by atoms with Gasteiger partial charge in [-0.25, -0.2) is 4.98 Å². The van der Waals surface area contributed by atoms with E-state index in [1.807, 2.05) is 30.3 Å². The lowest BCUT2D eigenvalue weighted by molar-refractivity contribution is 1.19. The molecule has 7 aromatic carbocycles. The maximum Gasteiger partial charge on any atom is 0.264 e. The third-order valence-electron chi connectivity index (χ3n) is 8.64. The van der Waals surface area contributed by atoms with Crippen LogP contribution in [0.1, 0.15) is 0 Å². The summed E-state index contributed by atoms with van der Waals surface area (Å²) in [6, 6.07) is 43.8. The van der Waals surface area contributed by atoms with Crippen LogP contribution in [-0.2, 0) is 0 Å². The molecule has 0 atom stereocenters. The molecule has 0 spiro atoms. The van der Waals surface area contributed by atoms with E-state index < -0.39 is 0 Å². The van der Waals surface area contributed by atoms with Gasteiger partial charge in [-0.05, 0) is 74.0 Å². The second-order valence-corrected chi connectivity index (χ2v) is 11.0. The van der Waals surface area contributed by atoms with Crippen LogP contribution in [0.5, 0.6) is 0 Å². The molecular formula is C38H21BN2O. The summed E-state index contributed by atoms with van der Waals surface area (Å²) in [5.41, 5.74) is 6.99. The number of rotatable bonds is 2. The van der Waals surface area contributed by atoms with Crippen molar-refractivity contribution < 1.29 is 0 Å². The van der Waals surface area contributed by atoms with Gasteiger partial charge in [-0.3, -0.25) is 9.20 Å². The number of hydrogen-bond acceptors (Lipinski definition) is 2. The molecule has 42 heavy (non-hydrogen) atoms. The second kappa shape index (κ2) is 8.51. The summed E-state index contributed by atoms with van der Waals surface area (Å²) in [4.78, 5) is 19.4. The minimum absolute atomic E-state index is 0.0864. The largest absolute Gasteiger partial charge is 0.268 e. The summed E-state index contributed by atoms with van der Waals surface area (Å²) in [6.07, 6.45) is 0. The average Bonchev–Trinajstić information content (AvgIpc) is 3.43. The Morgan fingerprint density at radius 1 is 0.548 bits per heavy atom. The Balaban J connectivity index is 1.45. The fraction of sp³-hybridized carbons (Fsp3) is 0. The summed E-state index contributed by atoms with van der Waals surface area (Å²) in [5, 5.41) is 8.01. The molecule has 2 aromatic heterocycles. The number of fused-ring (bicyclic) bond motifs is 6. The first-order valence-corrected chi connectivity index (χ1v) is 14.1. The molecule has 9 aromatic rings. The average molecular weight is 532 g/mol. The lowest BCUT2D eigenvalue weighted by Crippen LogP contribution is -2.16. The molecule has 0 saturated carbocycles. The third kappa shape index (κ3) is 3.23. The zero-order valence-corrected chi connectivity index (χ0v) is 22.5. The van der Waals surface area contributed by atoms with Crippen molar-refractivity contribution in [3.63, 3.8) is 0 Å². The molecule has 0 amide bonds. The van der Waals surface area contributed by atoms with E-state index in [2.05, 4.69) is 97.1 Å².